The third-order valence-corrected chi connectivity index (χ3v) is 3.62. The summed E-state index contributed by atoms with van der Waals surface area (Å²) in [5.74, 6) is -5.40. The zero-order chi connectivity index (χ0) is 21.6. The molecule has 1 atom stereocenters. The number of hydrogen-bond acceptors (Lipinski definition) is 10. The predicted molar refractivity (Wildman–Crippen MR) is 94.2 cm³/mol. The Balaban J connectivity index is 3.76. The standard InChI is InChI=1S/C18H25NO9/c1-18(2,3)19-14-13(17(23)27-7)12(16(22)26-6)11(15(21)25-5)9(28-14)8-10(20)24-4/h12,19H,8H2,1-7H3. The minimum atomic E-state index is -1.52. The molecule has 0 aromatic rings. The summed E-state index contributed by atoms with van der Waals surface area (Å²) >= 11 is 0. The van der Waals surface area contributed by atoms with E-state index < -0.39 is 41.8 Å². The minimum absolute atomic E-state index is 0.138. The van der Waals surface area contributed by atoms with Crippen LogP contribution in [0.4, 0.5) is 0 Å². The molecule has 10 heteroatoms. The van der Waals surface area contributed by atoms with E-state index in [4.69, 9.17) is 18.9 Å². The number of ether oxygens (including phenoxy) is 5. The summed E-state index contributed by atoms with van der Waals surface area (Å²) in [6, 6.07) is 0. The van der Waals surface area contributed by atoms with Crippen molar-refractivity contribution in [1.82, 2.24) is 5.32 Å². The van der Waals surface area contributed by atoms with Gasteiger partial charge in [0.25, 0.3) is 0 Å². The lowest BCUT2D eigenvalue weighted by Gasteiger charge is -2.32. The molecule has 1 unspecified atom stereocenters. The van der Waals surface area contributed by atoms with Gasteiger partial charge in [-0.2, -0.15) is 0 Å². The van der Waals surface area contributed by atoms with Crippen molar-refractivity contribution in [3.05, 3.63) is 22.8 Å². The van der Waals surface area contributed by atoms with Gasteiger partial charge in [-0.25, -0.2) is 9.59 Å². The highest BCUT2D eigenvalue weighted by Crippen LogP contribution is 2.37. The highest BCUT2D eigenvalue weighted by atomic mass is 16.6. The summed E-state index contributed by atoms with van der Waals surface area (Å²) < 4.78 is 24.6. The fourth-order valence-electron chi connectivity index (χ4n) is 2.45. The smallest absolute Gasteiger partial charge is 0.340 e. The van der Waals surface area contributed by atoms with Crippen LogP contribution in [0.3, 0.4) is 0 Å². The van der Waals surface area contributed by atoms with Crippen LogP contribution >= 0.6 is 0 Å². The Morgan fingerprint density at radius 2 is 1.43 bits per heavy atom. The van der Waals surface area contributed by atoms with Gasteiger partial charge in [-0.1, -0.05) is 0 Å². The Morgan fingerprint density at radius 1 is 0.893 bits per heavy atom. The summed E-state index contributed by atoms with van der Waals surface area (Å²) in [6.07, 6.45) is -0.474. The van der Waals surface area contributed by atoms with Crippen LogP contribution in [-0.2, 0) is 42.9 Å². The highest BCUT2D eigenvalue weighted by Gasteiger charge is 2.46. The molecule has 1 rings (SSSR count). The van der Waals surface area contributed by atoms with Gasteiger partial charge < -0.3 is 29.0 Å². The van der Waals surface area contributed by atoms with Gasteiger partial charge >= 0.3 is 23.9 Å². The Morgan fingerprint density at radius 3 is 1.86 bits per heavy atom. The lowest BCUT2D eigenvalue weighted by atomic mass is 9.87. The van der Waals surface area contributed by atoms with Crippen LogP contribution in [0.25, 0.3) is 0 Å². The molecule has 1 aliphatic heterocycles. The van der Waals surface area contributed by atoms with Crippen molar-refractivity contribution in [1.29, 1.82) is 0 Å². The van der Waals surface area contributed by atoms with Crippen LogP contribution in [0, 0.1) is 5.92 Å². The summed E-state index contributed by atoms with van der Waals surface area (Å²) in [4.78, 5) is 49.2. The average Bonchev–Trinajstić information content (AvgIpc) is 2.64. The monoisotopic (exact) mass is 399 g/mol. The van der Waals surface area contributed by atoms with Crippen LogP contribution in [0.5, 0.6) is 0 Å². The number of nitrogens with one attached hydrogen (secondary N) is 1. The van der Waals surface area contributed by atoms with Gasteiger partial charge in [0.2, 0.25) is 5.88 Å². The third-order valence-electron chi connectivity index (χ3n) is 3.62. The maximum absolute atomic E-state index is 12.5. The van der Waals surface area contributed by atoms with Gasteiger partial charge in [0.15, 0.2) is 0 Å². The van der Waals surface area contributed by atoms with E-state index in [2.05, 4.69) is 10.1 Å². The van der Waals surface area contributed by atoms with E-state index >= 15 is 0 Å². The van der Waals surface area contributed by atoms with E-state index in [0.717, 1.165) is 28.4 Å². The van der Waals surface area contributed by atoms with Gasteiger partial charge in [0, 0.05) is 5.54 Å². The topological polar surface area (TPSA) is 126 Å². The number of esters is 4. The largest absolute Gasteiger partial charge is 0.469 e. The van der Waals surface area contributed by atoms with Crippen LogP contribution in [-0.4, -0.2) is 57.9 Å². The fourth-order valence-corrected chi connectivity index (χ4v) is 2.45. The normalized spacial score (nSPS) is 16.8. The van der Waals surface area contributed by atoms with E-state index in [-0.39, 0.29) is 22.8 Å². The molecule has 0 amide bonds. The fraction of sp³-hybridized carbons (Fsp3) is 0.556. The molecule has 0 saturated carbocycles. The Bertz CT molecular complexity index is 728. The number of methoxy groups -OCH3 is 4. The van der Waals surface area contributed by atoms with E-state index in [9.17, 15) is 19.2 Å². The molecule has 0 bridgehead atoms. The molecule has 1 aliphatic rings. The molecule has 1 N–H and O–H groups in total. The van der Waals surface area contributed by atoms with Crippen molar-refractivity contribution >= 4 is 23.9 Å². The average molecular weight is 399 g/mol. The molecule has 0 radical (unpaired) electrons. The number of carbonyl (C=O) groups excluding carboxylic acids is 4. The molecule has 0 saturated heterocycles. The maximum atomic E-state index is 12.5. The summed E-state index contributed by atoms with van der Waals surface area (Å²) in [5, 5.41) is 2.94. The summed E-state index contributed by atoms with van der Waals surface area (Å²) in [7, 11) is 4.46. The van der Waals surface area contributed by atoms with Crippen LogP contribution < -0.4 is 5.32 Å². The lowest BCUT2D eigenvalue weighted by Crippen LogP contribution is -2.43. The third kappa shape index (κ3) is 5.24. The molecule has 28 heavy (non-hydrogen) atoms. The second-order valence-electron chi connectivity index (χ2n) is 6.75. The van der Waals surface area contributed by atoms with Crippen LogP contribution in [0.15, 0.2) is 22.8 Å². The molecule has 0 aromatic heterocycles. The Kier molecular flexibility index (Phi) is 7.60. The zero-order valence-electron chi connectivity index (χ0n) is 17.0. The summed E-state index contributed by atoms with van der Waals surface area (Å²) in [6.45, 7) is 5.35. The van der Waals surface area contributed by atoms with Gasteiger partial charge in [0.1, 0.15) is 23.7 Å². The highest BCUT2D eigenvalue weighted by molar-refractivity contribution is 6.05. The predicted octanol–water partition coefficient (Wildman–Crippen LogP) is 0.569. The molecule has 1 heterocycles. The molecule has 0 spiro atoms. The molecular weight excluding hydrogens is 374 g/mol. The van der Waals surface area contributed by atoms with E-state index in [0.29, 0.717) is 0 Å². The second kappa shape index (κ2) is 9.25. The van der Waals surface area contributed by atoms with Gasteiger partial charge in [-0.3, -0.25) is 9.59 Å². The van der Waals surface area contributed by atoms with Crippen molar-refractivity contribution in [2.75, 3.05) is 28.4 Å². The zero-order valence-corrected chi connectivity index (χ0v) is 17.0. The van der Waals surface area contributed by atoms with Crippen molar-refractivity contribution in [3.8, 4) is 0 Å². The molecular formula is C18H25NO9. The minimum Gasteiger partial charge on any atom is -0.469 e. The van der Waals surface area contributed by atoms with Crippen molar-refractivity contribution in [3.63, 3.8) is 0 Å². The van der Waals surface area contributed by atoms with Crippen molar-refractivity contribution in [2.45, 2.75) is 32.7 Å². The lowest BCUT2D eigenvalue weighted by molar-refractivity contribution is -0.149. The first-order valence-corrected chi connectivity index (χ1v) is 8.25. The SMILES string of the molecule is COC(=O)CC1=C(C(=O)OC)C(C(=O)OC)C(C(=O)OC)=C(NC(C)(C)C)O1. The molecule has 0 aliphatic carbocycles. The molecule has 10 nitrogen and oxygen atoms in total. The Hall–Kier alpha value is -3.04. The number of carbonyl (C=O) groups is 4. The van der Waals surface area contributed by atoms with Crippen molar-refractivity contribution in [2.24, 2.45) is 5.92 Å². The van der Waals surface area contributed by atoms with E-state index in [1.54, 1.807) is 20.8 Å². The Labute approximate surface area is 162 Å². The van der Waals surface area contributed by atoms with Crippen LogP contribution in [0.1, 0.15) is 27.2 Å². The molecule has 0 aromatic carbocycles. The number of hydrogen-bond donors (Lipinski definition) is 1. The molecule has 156 valence electrons. The van der Waals surface area contributed by atoms with Gasteiger partial charge in [-0.15, -0.1) is 0 Å². The first-order valence-electron chi connectivity index (χ1n) is 8.25. The van der Waals surface area contributed by atoms with E-state index in [1.165, 1.54) is 0 Å². The number of rotatable bonds is 6. The van der Waals surface area contributed by atoms with E-state index in [1.807, 2.05) is 0 Å². The summed E-state index contributed by atoms with van der Waals surface area (Å²) in [5.41, 5.74) is -1.23. The van der Waals surface area contributed by atoms with Gasteiger partial charge in [0.05, 0.1) is 34.0 Å². The first-order chi connectivity index (χ1) is 13.0. The van der Waals surface area contributed by atoms with Gasteiger partial charge in [-0.05, 0) is 20.8 Å². The second-order valence-corrected chi connectivity index (χ2v) is 6.75. The maximum Gasteiger partial charge on any atom is 0.340 e. The molecule has 0 fully saturated rings. The first kappa shape index (κ1) is 23.0. The van der Waals surface area contributed by atoms with Crippen molar-refractivity contribution < 1.29 is 42.9 Å². The quantitative estimate of drug-likeness (QED) is 0.500. The van der Waals surface area contributed by atoms with Crippen LogP contribution in [0.2, 0.25) is 0 Å².